The second-order valence-electron chi connectivity index (χ2n) is 5.06. The molecule has 0 aromatic heterocycles. The molecule has 0 spiro atoms. The van der Waals surface area contributed by atoms with Crippen LogP contribution in [0.15, 0.2) is 0 Å². The maximum Gasteiger partial charge on any atom is 0.503 e. The van der Waals surface area contributed by atoms with Crippen molar-refractivity contribution in [1.29, 1.82) is 0 Å². The zero-order chi connectivity index (χ0) is 17.1. The summed E-state index contributed by atoms with van der Waals surface area (Å²) in [4.78, 5) is 0. The zero-order valence-corrected chi connectivity index (χ0v) is 17.1. The molecule has 8 heteroatoms. The fourth-order valence-electron chi connectivity index (χ4n) is 2.62. The number of unbranched alkanes of at least 4 members (excludes halogenated alkanes) is 2. The molecule has 1 atom stereocenters. The number of hydrogen-bond acceptors (Lipinski definition) is 6. The average molecular weight is 354 g/mol. The summed E-state index contributed by atoms with van der Waals surface area (Å²) in [5.41, 5.74) is 0.159. The summed E-state index contributed by atoms with van der Waals surface area (Å²) in [5.74, 6) is 0. The fraction of sp³-hybridized carbons (Fsp3) is 0.929. The molecule has 1 unspecified atom stereocenters. The van der Waals surface area contributed by atoms with E-state index in [1.807, 2.05) is 6.04 Å². The van der Waals surface area contributed by atoms with Crippen LogP contribution in [0.1, 0.15) is 39.0 Å². The van der Waals surface area contributed by atoms with E-state index < -0.39 is 17.6 Å². The van der Waals surface area contributed by atoms with Crippen LogP contribution in [0.3, 0.4) is 0 Å². The lowest BCUT2D eigenvalue weighted by atomic mass is 10.1. The minimum absolute atomic E-state index is 0.159. The first-order valence-electron chi connectivity index (χ1n) is 7.68. The lowest BCUT2D eigenvalue weighted by molar-refractivity contribution is 0.106. The Balaban J connectivity index is 4.99. The first kappa shape index (κ1) is 22.2. The molecular formula is C14H33O6Si2. The number of hydrogen-bond donors (Lipinski definition) is 0. The van der Waals surface area contributed by atoms with Crippen LogP contribution >= 0.6 is 0 Å². The molecule has 0 aliphatic heterocycles. The normalized spacial score (nSPS) is 14.3. The van der Waals surface area contributed by atoms with E-state index in [0.29, 0.717) is 6.42 Å². The molecule has 0 saturated carbocycles. The third-order valence-corrected chi connectivity index (χ3v) is 9.69. The lowest BCUT2D eigenvalue weighted by Gasteiger charge is -2.34. The smallest absolute Gasteiger partial charge is 0.377 e. The SMILES string of the molecule is CCCCCC(C[CH][Si](OC)(OC)OC)[Si](OC)(OC)OC. The van der Waals surface area contributed by atoms with E-state index in [4.69, 9.17) is 26.6 Å². The molecule has 0 aliphatic rings. The van der Waals surface area contributed by atoms with Crippen molar-refractivity contribution in [1.82, 2.24) is 0 Å². The quantitative estimate of drug-likeness (QED) is 0.353. The number of rotatable bonds is 14. The van der Waals surface area contributed by atoms with Crippen molar-refractivity contribution >= 4 is 17.6 Å². The summed E-state index contributed by atoms with van der Waals surface area (Å²) in [5, 5.41) is 0. The van der Waals surface area contributed by atoms with Crippen molar-refractivity contribution in [3.63, 3.8) is 0 Å². The van der Waals surface area contributed by atoms with E-state index in [1.54, 1.807) is 42.7 Å². The molecule has 0 aromatic rings. The highest BCUT2D eigenvalue weighted by Gasteiger charge is 2.49. The van der Waals surface area contributed by atoms with Gasteiger partial charge in [0.1, 0.15) is 0 Å². The molecule has 0 saturated heterocycles. The monoisotopic (exact) mass is 353 g/mol. The predicted octanol–water partition coefficient (Wildman–Crippen LogP) is 2.83. The van der Waals surface area contributed by atoms with Gasteiger partial charge in [0.2, 0.25) is 0 Å². The summed E-state index contributed by atoms with van der Waals surface area (Å²) in [6.07, 6.45) is 5.16. The van der Waals surface area contributed by atoms with Crippen LogP contribution in [0.2, 0.25) is 5.54 Å². The van der Waals surface area contributed by atoms with E-state index in [0.717, 1.165) is 12.8 Å². The Kier molecular flexibility index (Phi) is 11.8. The van der Waals surface area contributed by atoms with Crippen molar-refractivity contribution in [3.8, 4) is 0 Å². The van der Waals surface area contributed by atoms with Crippen LogP contribution in [-0.2, 0) is 26.6 Å². The molecule has 0 aliphatic carbocycles. The fourth-order valence-corrected chi connectivity index (χ4v) is 6.89. The highest BCUT2D eigenvalue weighted by molar-refractivity contribution is 6.65. The molecule has 22 heavy (non-hydrogen) atoms. The van der Waals surface area contributed by atoms with Gasteiger partial charge in [-0.05, 0) is 12.8 Å². The van der Waals surface area contributed by atoms with Crippen LogP contribution in [0.25, 0.3) is 0 Å². The van der Waals surface area contributed by atoms with E-state index in [9.17, 15) is 0 Å². The predicted molar refractivity (Wildman–Crippen MR) is 90.4 cm³/mol. The largest absolute Gasteiger partial charge is 0.503 e. The summed E-state index contributed by atoms with van der Waals surface area (Å²) in [7, 11) is 4.35. The maximum absolute atomic E-state index is 5.66. The van der Waals surface area contributed by atoms with Crippen LogP contribution in [-0.4, -0.2) is 60.3 Å². The molecule has 0 fully saturated rings. The molecule has 0 N–H and O–H groups in total. The van der Waals surface area contributed by atoms with Gasteiger partial charge in [-0.25, -0.2) is 0 Å². The molecular weight excluding hydrogens is 320 g/mol. The van der Waals surface area contributed by atoms with Gasteiger partial charge in [-0.15, -0.1) is 0 Å². The van der Waals surface area contributed by atoms with Crippen molar-refractivity contribution in [2.45, 2.75) is 44.6 Å². The average Bonchev–Trinajstić information content (AvgIpc) is 2.58. The van der Waals surface area contributed by atoms with E-state index in [-0.39, 0.29) is 5.54 Å². The van der Waals surface area contributed by atoms with E-state index >= 15 is 0 Å². The summed E-state index contributed by atoms with van der Waals surface area (Å²) in [6, 6.07) is 2.00. The Morgan fingerprint density at radius 3 is 1.64 bits per heavy atom. The zero-order valence-electron chi connectivity index (χ0n) is 15.1. The van der Waals surface area contributed by atoms with Crippen molar-refractivity contribution in [2.75, 3.05) is 42.7 Å². The molecule has 0 rings (SSSR count). The molecule has 0 bridgehead atoms. The van der Waals surface area contributed by atoms with Crippen LogP contribution in [0.4, 0.5) is 0 Å². The Morgan fingerprint density at radius 1 is 0.773 bits per heavy atom. The van der Waals surface area contributed by atoms with Gasteiger partial charge in [0.05, 0.1) is 0 Å². The Morgan fingerprint density at radius 2 is 1.27 bits per heavy atom. The van der Waals surface area contributed by atoms with Gasteiger partial charge < -0.3 is 26.6 Å². The van der Waals surface area contributed by atoms with Crippen molar-refractivity contribution < 1.29 is 26.6 Å². The Labute approximate surface area is 138 Å². The van der Waals surface area contributed by atoms with Gasteiger partial charge in [0.15, 0.2) is 0 Å². The van der Waals surface area contributed by atoms with Gasteiger partial charge in [0, 0.05) is 54.2 Å². The van der Waals surface area contributed by atoms with Crippen molar-refractivity contribution in [2.24, 2.45) is 0 Å². The first-order chi connectivity index (χ1) is 10.5. The summed E-state index contributed by atoms with van der Waals surface area (Å²) < 4.78 is 33.4. The third kappa shape index (κ3) is 6.01. The molecule has 0 amide bonds. The van der Waals surface area contributed by atoms with Gasteiger partial charge in [-0.1, -0.05) is 26.2 Å². The highest BCUT2D eigenvalue weighted by atomic mass is 28.4. The summed E-state index contributed by atoms with van der Waals surface area (Å²) >= 11 is 0. The molecule has 133 valence electrons. The van der Waals surface area contributed by atoms with Crippen LogP contribution in [0.5, 0.6) is 0 Å². The Bertz CT molecular complexity index is 256. The molecule has 0 heterocycles. The van der Waals surface area contributed by atoms with Gasteiger partial charge >= 0.3 is 17.6 Å². The minimum Gasteiger partial charge on any atom is -0.377 e. The van der Waals surface area contributed by atoms with E-state index in [1.165, 1.54) is 12.8 Å². The van der Waals surface area contributed by atoms with E-state index in [2.05, 4.69) is 6.92 Å². The standard InChI is InChI=1S/C14H33O6Si2/c1-8-9-10-11-14(22(18-5,19-6)20-7)12-13-21(15-2,16-3)17-4/h13-14H,8-12H2,1-7H3. The molecule has 6 nitrogen and oxygen atoms in total. The lowest BCUT2D eigenvalue weighted by Crippen LogP contribution is -2.50. The Hall–Kier alpha value is 0.194. The van der Waals surface area contributed by atoms with Crippen LogP contribution in [0, 0.1) is 6.04 Å². The van der Waals surface area contributed by atoms with Gasteiger partial charge in [-0.3, -0.25) is 0 Å². The van der Waals surface area contributed by atoms with Crippen LogP contribution < -0.4 is 0 Å². The summed E-state index contributed by atoms with van der Waals surface area (Å²) in [6.45, 7) is 2.19. The van der Waals surface area contributed by atoms with Gasteiger partial charge in [-0.2, -0.15) is 0 Å². The highest BCUT2D eigenvalue weighted by Crippen LogP contribution is 2.35. The first-order valence-corrected chi connectivity index (χ1v) is 11.3. The third-order valence-electron chi connectivity index (χ3n) is 4.02. The maximum atomic E-state index is 5.66. The second kappa shape index (κ2) is 11.7. The second-order valence-corrected chi connectivity index (χ2v) is 11.2. The molecule has 0 aromatic carbocycles. The minimum atomic E-state index is -2.71. The van der Waals surface area contributed by atoms with Gasteiger partial charge in [0.25, 0.3) is 0 Å². The van der Waals surface area contributed by atoms with Crippen molar-refractivity contribution in [3.05, 3.63) is 6.04 Å². The topological polar surface area (TPSA) is 55.4 Å². The molecule has 1 radical (unpaired) electrons.